The molecule has 6 nitrogen and oxygen atoms in total. The van der Waals surface area contributed by atoms with Crippen molar-refractivity contribution in [2.45, 2.75) is 38.1 Å². The van der Waals surface area contributed by atoms with Crippen LogP contribution in [0, 0.1) is 5.92 Å². The van der Waals surface area contributed by atoms with E-state index in [1.165, 1.54) is 0 Å². The van der Waals surface area contributed by atoms with Gasteiger partial charge in [0.1, 0.15) is 0 Å². The minimum atomic E-state index is -0.677. The molecule has 0 saturated carbocycles. The number of aliphatic carboxylic acids is 1. The second-order valence-corrected chi connectivity index (χ2v) is 6.47. The molecule has 2 heterocycles. The normalized spacial score (nSPS) is 22.3. The van der Waals surface area contributed by atoms with E-state index in [-0.39, 0.29) is 6.03 Å². The number of carboxylic acids is 1. The van der Waals surface area contributed by atoms with E-state index in [2.05, 4.69) is 4.90 Å². The van der Waals surface area contributed by atoms with Crippen LogP contribution in [0.2, 0.25) is 0 Å². The number of urea groups is 1. The lowest BCUT2D eigenvalue weighted by Gasteiger charge is -2.42. The minimum absolute atomic E-state index is 0.105. The molecule has 0 aromatic carbocycles. The number of carbonyl (C=O) groups is 2. The molecule has 0 bridgehead atoms. The number of carbonyl (C=O) groups excluding carboxylic acids is 1. The zero-order valence-electron chi connectivity index (χ0n) is 13.1. The van der Waals surface area contributed by atoms with Gasteiger partial charge in [-0.15, -0.1) is 0 Å². The van der Waals surface area contributed by atoms with Crippen molar-refractivity contribution in [3.63, 3.8) is 0 Å². The van der Waals surface area contributed by atoms with Crippen LogP contribution in [0.5, 0.6) is 0 Å². The van der Waals surface area contributed by atoms with Gasteiger partial charge in [0, 0.05) is 39.6 Å². The van der Waals surface area contributed by atoms with Crippen molar-refractivity contribution >= 4 is 12.0 Å². The van der Waals surface area contributed by atoms with E-state index in [4.69, 9.17) is 5.11 Å². The quantitative estimate of drug-likeness (QED) is 0.853. The van der Waals surface area contributed by atoms with Gasteiger partial charge in [0.05, 0.1) is 0 Å². The van der Waals surface area contributed by atoms with Crippen molar-refractivity contribution in [1.82, 2.24) is 14.7 Å². The van der Waals surface area contributed by atoms with Crippen molar-refractivity contribution in [3.8, 4) is 0 Å². The molecule has 2 fully saturated rings. The SMILES string of the molecule is CN(C)C(=O)N1CCC(N2CCC(CC(=O)O)CC2)CC1. The van der Waals surface area contributed by atoms with Crippen molar-refractivity contribution in [2.24, 2.45) is 5.92 Å². The van der Waals surface area contributed by atoms with Gasteiger partial charge in [-0.05, 0) is 44.7 Å². The van der Waals surface area contributed by atoms with Crippen molar-refractivity contribution in [1.29, 1.82) is 0 Å². The molecule has 0 aromatic heterocycles. The highest BCUT2D eigenvalue weighted by Gasteiger charge is 2.30. The van der Waals surface area contributed by atoms with Gasteiger partial charge < -0.3 is 19.8 Å². The molecule has 6 heteroatoms. The first-order valence-electron chi connectivity index (χ1n) is 7.89. The first-order valence-corrected chi connectivity index (χ1v) is 7.89. The Hall–Kier alpha value is -1.30. The van der Waals surface area contributed by atoms with Crippen LogP contribution in [0.3, 0.4) is 0 Å². The minimum Gasteiger partial charge on any atom is -0.481 e. The lowest BCUT2D eigenvalue weighted by atomic mass is 9.91. The molecule has 0 aromatic rings. The molecule has 0 spiro atoms. The number of piperidine rings is 2. The smallest absolute Gasteiger partial charge is 0.319 e. The largest absolute Gasteiger partial charge is 0.481 e. The van der Waals surface area contributed by atoms with Crippen LogP contribution >= 0.6 is 0 Å². The molecule has 0 atom stereocenters. The summed E-state index contributed by atoms with van der Waals surface area (Å²) >= 11 is 0. The van der Waals surface area contributed by atoms with Crippen LogP contribution in [0.4, 0.5) is 4.79 Å². The van der Waals surface area contributed by atoms with Gasteiger partial charge in [0.15, 0.2) is 0 Å². The Kier molecular flexibility index (Phi) is 5.45. The van der Waals surface area contributed by atoms with Gasteiger partial charge >= 0.3 is 12.0 Å². The monoisotopic (exact) mass is 297 g/mol. The van der Waals surface area contributed by atoms with Gasteiger partial charge in [-0.25, -0.2) is 4.79 Å². The van der Waals surface area contributed by atoms with Gasteiger partial charge in [0.25, 0.3) is 0 Å². The van der Waals surface area contributed by atoms with E-state index >= 15 is 0 Å². The zero-order chi connectivity index (χ0) is 15.4. The van der Waals surface area contributed by atoms with Gasteiger partial charge in [-0.3, -0.25) is 4.79 Å². The Morgan fingerprint density at radius 3 is 2.10 bits per heavy atom. The number of likely N-dealkylation sites (tertiary alicyclic amines) is 2. The molecule has 120 valence electrons. The molecule has 0 radical (unpaired) electrons. The molecule has 2 aliphatic rings. The molecule has 21 heavy (non-hydrogen) atoms. The second-order valence-electron chi connectivity index (χ2n) is 6.47. The van der Waals surface area contributed by atoms with E-state index in [0.717, 1.165) is 51.9 Å². The first kappa shape index (κ1) is 16.1. The lowest BCUT2D eigenvalue weighted by Crippen LogP contribution is -2.50. The maximum atomic E-state index is 11.9. The van der Waals surface area contributed by atoms with E-state index in [1.807, 2.05) is 4.90 Å². The Labute approximate surface area is 126 Å². The third-order valence-electron chi connectivity index (χ3n) is 4.75. The molecule has 2 aliphatic heterocycles. The molecule has 2 saturated heterocycles. The van der Waals surface area contributed by atoms with Crippen LogP contribution < -0.4 is 0 Å². The Balaban J connectivity index is 1.74. The van der Waals surface area contributed by atoms with Crippen molar-refractivity contribution in [3.05, 3.63) is 0 Å². The summed E-state index contributed by atoms with van der Waals surface area (Å²) in [6.07, 6.45) is 4.35. The molecular weight excluding hydrogens is 270 g/mol. The Bertz CT molecular complexity index is 370. The summed E-state index contributed by atoms with van der Waals surface area (Å²) in [4.78, 5) is 28.7. The average molecular weight is 297 g/mol. The lowest BCUT2D eigenvalue weighted by molar-refractivity contribution is -0.138. The Morgan fingerprint density at radius 1 is 1.05 bits per heavy atom. The van der Waals surface area contributed by atoms with Gasteiger partial charge in [-0.1, -0.05) is 0 Å². The zero-order valence-corrected chi connectivity index (χ0v) is 13.1. The standard InChI is InChI=1S/C15H27N3O3/c1-16(2)15(21)18-9-5-13(6-10-18)17-7-3-12(4-8-17)11-14(19)20/h12-13H,3-11H2,1-2H3,(H,19,20). The maximum Gasteiger partial charge on any atom is 0.319 e. The predicted molar refractivity (Wildman–Crippen MR) is 80.2 cm³/mol. The average Bonchev–Trinajstić information content (AvgIpc) is 2.47. The predicted octanol–water partition coefficient (Wildman–Crippen LogP) is 1.32. The fourth-order valence-electron chi connectivity index (χ4n) is 3.47. The summed E-state index contributed by atoms with van der Waals surface area (Å²) in [5, 5.41) is 8.85. The molecule has 0 unspecified atom stereocenters. The summed E-state index contributed by atoms with van der Waals surface area (Å²) in [7, 11) is 3.59. The third kappa shape index (κ3) is 4.33. The fraction of sp³-hybridized carbons (Fsp3) is 0.867. The molecular formula is C15H27N3O3. The molecule has 1 N–H and O–H groups in total. The first-order chi connectivity index (χ1) is 9.97. The van der Waals surface area contributed by atoms with Crippen LogP contribution in [0.15, 0.2) is 0 Å². The highest BCUT2D eigenvalue weighted by molar-refractivity contribution is 5.73. The van der Waals surface area contributed by atoms with Crippen molar-refractivity contribution in [2.75, 3.05) is 40.3 Å². The van der Waals surface area contributed by atoms with E-state index < -0.39 is 5.97 Å². The van der Waals surface area contributed by atoms with Crippen LogP contribution in [0.1, 0.15) is 32.1 Å². The third-order valence-corrected chi connectivity index (χ3v) is 4.75. The highest BCUT2D eigenvalue weighted by Crippen LogP contribution is 2.25. The number of nitrogens with zero attached hydrogens (tertiary/aromatic N) is 3. The van der Waals surface area contributed by atoms with E-state index in [1.54, 1.807) is 19.0 Å². The summed E-state index contributed by atoms with van der Waals surface area (Å²) < 4.78 is 0. The number of amides is 2. The van der Waals surface area contributed by atoms with Crippen LogP contribution in [-0.2, 0) is 4.79 Å². The number of rotatable bonds is 3. The van der Waals surface area contributed by atoms with E-state index in [9.17, 15) is 9.59 Å². The summed E-state index contributed by atoms with van der Waals surface area (Å²) in [6, 6.07) is 0.663. The van der Waals surface area contributed by atoms with Crippen molar-refractivity contribution < 1.29 is 14.7 Å². The van der Waals surface area contributed by atoms with Gasteiger partial charge in [-0.2, -0.15) is 0 Å². The van der Waals surface area contributed by atoms with Crippen LogP contribution in [0.25, 0.3) is 0 Å². The second kappa shape index (κ2) is 7.11. The molecule has 2 amide bonds. The molecule has 2 rings (SSSR count). The summed E-state index contributed by atoms with van der Waals surface area (Å²) in [5.41, 5.74) is 0. The number of hydrogen-bond acceptors (Lipinski definition) is 3. The summed E-state index contributed by atoms with van der Waals surface area (Å²) in [6.45, 7) is 3.67. The highest BCUT2D eigenvalue weighted by atomic mass is 16.4. The topological polar surface area (TPSA) is 64.1 Å². The molecule has 0 aliphatic carbocycles. The number of carboxylic acid groups (broad SMARTS) is 1. The number of hydrogen-bond donors (Lipinski definition) is 1. The van der Waals surface area contributed by atoms with Crippen LogP contribution in [-0.4, -0.2) is 78.1 Å². The maximum absolute atomic E-state index is 11.9. The van der Waals surface area contributed by atoms with E-state index in [0.29, 0.717) is 18.4 Å². The fourth-order valence-corrected chi connectivity index (χ4v) is 3.47. The van der Waals surface area contributed by atoms with Gasteiger partial charge in [0.2, 0.25) is 0 Å². The summed E-state index contributed by atoms with van der Waals surface area (Å²) in [5.74, 6) is -0.335. The Morgan fingerprint density at radius 2 is 1.62 bits per heavy atom.